The van der Waals surface area contributed by atoms with E-state index in [4.69, 9.17) is 0 Å². The van der Waals surface area contributed by atoms with Gasteiger partial charge in [-0.2, -0.15) is 0 Å². The van der Waals surface area contributed by atoms with Crippen LogP contribution in [0.5, 0.6) is 0 Å². The van der Waals surface area contributed by atoms with Crippen molar-refractivity contribution in [3.63, 3.8) is 0 Å². The third-order valence-electron chi connectivity index (χ3n) is 16.8. The Morgan fingerprint density at radius 1 is 0.342 bits per heavy atom. The topological polar surface area (TPSA) is 98.7 Å². The number of amides is 2. The third kappa shape index (κ3) is 9.80. The van der Waals surface area contributed by atoms with Gasteiger partial charge in [0.15, 0.2) is 0 Å². The summed E-state index contributed by atoms with van der Waals surface area (Å²) in [6, 6.07) is 84.1. The summed E-state index contributed by atoms with van der Waals surface area (Å²) in [5.41, 5.74) is 0.397. The first-order chi connectivity index (χ1) is 38.6. The number of hydrogen-bond donors (Lipinski definition) is 4. The Hall–Kier alpha value is -8.94. The molecule has 79 heavy (non-hydrogen) atoms. The minimum Gasteiger partial charge on any atom is -0.387 e. The molecule has 0 heterocycles. The van der Waals surface area contributed by atoms with E-state index in [2.05, 4.69) is 132 Å². The minimum atomic E-state index is -1.62. The van der Waals surface area contributed by atoms with Crippen LogP contribution in [-0.4, -0.2) is 33.2 Å². The van der Waals surface area contributed by atoms with Crippen LogP contribution in [0.25, 0.3) is 64.6 Å². The molecule has 0 spiro atoms. The van der Waals surface area contributed by atoms with E-state index in [0.29, 0.717) is 0 Å². The van der Waals surface area contributed by atoms with Crippen molar-refractivity contribution in [2.24, 2.45) is 5.41 Å². The predicted octanol–water partition coefficient (Wildman–Crippen LogP) is 14.8. The molecule has 2 amide bonds. The Balaban J connectivity index is 0.920. The van der Waals surface area contributed by atoms with E-state index in [1.165, 1.54) is 0 Å². The first-order valence-electron chi connectivity index (χ1n) is 27.5. The summed E-state index contributed by atoms with van der Waals surface area (Å²) in [6.45, 7) is 0. The fraction of sp³-hybridized carbons (Fsp3) is 0.151. The number of hydrogen-bond acceptors (Lipinski definition) is 4. The molecule has 6 heteroatoms. The van der Waals surface area contributed by atoms with Gasteiger partial charge in [0.2, 0.25) is 11.8 Å². The number of nitrogens with one attached hydrogen (secondary N) is 2. The molecule has 0 aromatic heterocycles. The highest BCUT2D eigenvalue weighted by Crippen LogP contribution is 2.49. The molecule has 386 valence electrons. The van der Waals surface area contributed by atoms with Gasteiger partial charge in [-0.05, 0) is 111 Å². The zero-order valence-corrected chi connectivity index (χ0v) is 43.9. The molecule has 1 aliphatic rings. The van der Waals surface area contributed by atoms with E-state index in [9.17, 15) is 10.2 Å². The number of aliphatic hydroxyl groups is 2. The highest BCUT2D eigenvalue weighted by Gasteiger charge is 2.59. The molecule has 0 aliphatic heterocycles. The van der Waals surface area contributed by atoms with Gasteiger partial charge in [-0.3, -0.25) is 9.59 Å². The molecule has 12 aromatic carbocycles. The molecule has 0 unspecified atom stereocenters. The van der Waals surface area contributed by atoms with Gasteiger partial charge in [0.05, 0.1) is 23.3 Å². The smallest absolute Gasteiger partial charge is 0.236 e. The lowest BCUT2D eigenvalue weighted by atomic mass is 9.76. The Morgan fingerprint density at radius 3 is 0.911 bits per heavy atom. The maximum atomic E-state index is 15.9. The molecule has 4 N–H and O–H groups in total. The zero-order chi connectivity index (χ0) is 53.6. The monoisotopic (exact) mass is 1030 g/mol. The average molecular weight is 1030 g/mol. The van der Waals surface area contributed by atoms with Crippen LogP contribution in [0.15, 0.2) is 255 Å². The number of benzene rings is 12. The third-order valence-corrected chi connectivity index (χ3v) is 16.8. The van der Waals surface area contributed by atoms with E-state index >= 15 is 9.59 Å². The van der Waals surface area contributed by atoms with Crippen molar-refractivity contribution in [2.45, 2.75) is 61.8 Å². The molecule has 1 fully saturated rings. The molecular weight excluding hydrogens is 969 g/mol. The number of rotatable bonds is 16. The van der Waals surface area contributed by atoms with Crippen LogP contribution in [0, 0.1) is 5.41 Å². The van der Waals surface area contributed by atoms with E-state index in [0.717, 1.165) is 98.0 Å². The highest BCUT2D eigenvalue weighted by molar-refractivity contribution is 6.08. The molecule has 13 rings (SSSR count). The molecule has 1 aliphatic carbocycles. The Kier molecular flexibility index (Phi) is 12.8. The van der Waals surface area contributed by atoms with Crippen molar-refractivity contribution < 1.29 is 19.8 Å². The van der Waals surface area contributed by atoms with Gasteiger partial charge in [-0.15, -0.1) is 0 Å². The van der Waals surface area contributed by atoms with Crippen LogP contribution in [0.3, 0.4) is 0 Å². The molecule has 0 radical (unpaired) electrons. The summed E-state index contributed by atoms with van der Waals surface area (Å²) in [7, 11) is 0. The SMILES string of the molecule is O=C(N[C@@H](c1cccc2ccccc12)C(O)(Cc1ccc2ccccc2c1)Cc1ccc2ccccc2c1)C1(C(=O)N[C@@H](c2cccc3ccccc23)C(O)(Cc2ccc3ccccc3c2)Cc2ccc3ccccc3c2)CC1. The second-order valence-corrected chi connectivity index (χ2v) is 22.2. The molecule has 2 atom stereocenters. The van der Waals surface area contributed by atoms with Crippen molar-refractivity contribution in [1.82, 2.24) is 10.6 Å². The van der Waals surface area contributed by atoms with E-state index in [1.807, 2.05) is 133 Å². The van der Waals surface area contributed by atoms with Crippen molar-refractivity contribution in [3.8, 4) is 0 Å². The van der Waals surface area contributed by atoms with Gasteiger partial charge in [0, 0.05) is 25.7 Å². The molecule has 0 bridgehead atoms. The highest BCUT2D eigenvalue weighted by atomic mass is 16.3. The maximum absolute atomic E-state index is 15.9. The standard InChI is InChI=1S/C73H60N2O4/c76-69(74-67(65-29-13-25-57-19-9-11-27-63(57)65)72(78,45-49-31-35-53-15-1-5-21-59(53)41-49)46-50-32-36-54-16-2-6-22-60(54)42-50)71(39-40-71)70(77)75-68(66-30-14-26-58-20-10-12-28-64(58)66)73(79,47-51-33-37-55-17-3-7-23-61(55)43-51)48-52-34-38-56-18-4-8-24-62(56)44-52/h1-38,41-44,67-68,78-79H,39-40,45-48H2,(H,74,76)(H,75,77)/t67-,68-/m0/s1. The Labute approximate surface area is 460 Å². The van der Waals surface area contributed by atoms with Gasteiger partial charge in [0.25, 0.3) is 0 Å². The average Bonchev–Trinajstić information content (AvgIpc) is 4.52. The normalized spacial score (nSPS) is 14.2. The zero-order valence-electron chi connectivity index (χ0n) is 43.9. The largest absolute Gasteiger partial charge is 0.387 e. The fourth-order valence-corrected chi connectivity index (χ4v) is 12.6. The van der Waals surface area contributed by atoms with Crippen LogP contribution in [0.4, 0.5) is 0 Å². The Bertz CT molecular complexity index is 3850. The Morgan fingerprint density at radius 2 is 0.608 bits per heavy atom. The molecule has 6 nitrogen and oxygen atoms in total. The van der Waals surface area contributed by atoms with Gasteiger partial charge >= 0.3 is 0 Å². The number of carbonyl (C=O) groups excluding carboxylic acids is 2. The predicted molar refractivity (Wildman–Crippen MR) is 322 cm³/mol. The molecule has 1 saturated carbocycles. The lowest BCUT2D eigenvalue weighted by molar-refractivity contribution is -0.141. The van der Waals surface area contributed by atoms with Crippen LogP contribution in [-0.2, 0) is 35.3 Å². The first kappa shape index (κ1) is 49.6. The van der Waals surface area contributed by atoms with Gasteiger partial charge < -0.3 is 20.8 Å². The second-order valence-electron chi connectivity index (χ2n) is 22.2. The molecule has 0 saturated heterocycles. The summed E-state index contributed by atoms with van der Waals surface area (Å²) in [5.74, 6) is -0.940. The molecular formula is C73H60N2O4. The fourth-order valence-electron chi connectivity index (χ4n) is 12.6. The van der Waals surface area contributed by atoms with Gasteiger partial charge in [-0.25, -0.2) is 0 Å². The van der Waals surface area contributed by atoms with E-state index < -0.39 is 40.5 Å². The van der Waals surface area contributed by atoms with Crippen molar-refractivity contribution >= 4 is 76.4 Å². The van der Waals surface area contributed by atoms with Crippen molar-refractivity contribution in [1.29, 1.82) is 0 Å². The van der Waals surface area contributed by atoms with Gasteiger partial charge in [0.1, 0.15) is 5.41 Å². The van der Waals surface area contributed by atoms with Gasteiger partial charge in [-0.1, -0.05) is 255 Å². The first-order valence-corrected chi connectivity index (χ1v) is 27.5. The summed E-state index contributed by atoms with van der Waals surface area (Å²) in [5, 5.41) is 47.1. The summed E-state index contributed by atoms with van der Waals surface area (Å²) >= 11 is 0. The molecule has 12 aromatic rings. The lowest BCUT2D eigenvalue weighted by Gasteiger charge is -2.40. The van der Waals surface area contributed by atoms with Crippen LogP contribution in [0.1, 0.15) is 58.3 Å². The van der Waals surface area contributed by atoms with Crippen molar-refractivity contribution in [2.75, 3.05) is 0 Å². The van der Waals surface area contributed by atoms with Crippen LogP contribution in [0.2, 0.25) is 0 Å². The number of carbonyl (C=O) groups is 2. The summed E-state index contributed by atoms with van der Waals surface area (Å²) in [4.78, 5) is 31.7. The summed E-state index contributed by atoms with van der Waals surface area (Å²) in [6.07, 6.45) is 1.35. The second kappa shape index (κ2) is 20.5. The quantitative estimate of drug-likeness (QED) is 0.0725. The maximum Gasteiger partial charge on any atom is 0.236 e. The lowest BCUT2D eigenvalue weighted by Crippen LogP contribution is -2.55. The van der Waals surface area contributed by atoms with Crippen molar-refractivity contribution in [3.05, 3.63) is 288 Å². The minimum absolute atomic E-state index is 0.192. The van der Waals surface area contributed by atoms with E-state index in [1.54, 1.807) is 0 Å². The summed E-state index contributed by atoms with van der Waals surface area (Å²) < 4.78 is 0. The van der Waals surface area contributed by atoms with E-state index in [-0.39, 0.29) is 38.5 Å². The van der Waals surface area contributed by atoms with Crippen LogP contribution < -0.4 is 10.6 Å². The van der Waals surface area contributed by atoms with Crippen LogP contribution >= 0.6 is 0 Å². The number of fused-ring (bicyclic) bond motifs is 6.